The minimum absolute atomic E-state index is 0.0583. The van der Waals surface area contributed by atoms with Crippen LogP contribution in [0.15, 0.2) is 23.8 Å². The first kappa shape index (κ1) is 21.3. The van der Waals surface area contributed by atoms with E-state index in [9.17, 15) is 19.8 Å². The van der Waals surface area contributed by atoms with Crippen molar-refractivity contribution in [2.24, 2.45) is 28.6 Å². The molecule has 156 valence electrons. The van der Waals surface area contributed by atoms with Crippen molar-refractivity contribution in [2.75, 3.05) is 6.61 Å². The number of aldehydes is 1. The second-order valence-corrected chi connectivity index (χ2v) is 9.12. The molecule has 0 aromatic rings. The predicted octanol–water partition coefficient (Wildman–Crippen LogP) is 3.12. The smallest absolute Gasteiger partial charge is 0.161 e. The van der Waals surface area contributed by atoms with Crippen LogP contribution in [-0.2, 0) is 9.59 Å². The average molecular weight is 396 g/mol. The molecule has 0 aliphatic heterocycles. The van der Waals surface area contributed by atoms with E-state index in [1.807, 2.05) is 6.92 Å². The molecule has 3 aliphatic rings. The molecule has 4 nitrogen and oxygen atoms in total. The molecular weight excluding hydrogens is 366 g/mol. The summed E-state index contributed by atoms with van der Waals surface area (Å²) in [6, 6.07) is 0. The highest BCUT2D eigenvalue weighted by molar-refractivity contribution is 5.83. The molecule has 0 bridgehead atoms. The Morgan fingerprint density at radius 2 is 1.96 bits per heavy atom. The number of hydrogen-bond donors (Lipinski definition) is 2. The number of rotatable bonds is 4. The molecule has 0 radical (unpaired) electrons. The molecule has 0 heterocycles. The minimum atomic E-state index is -2.14. The van der Waals surface area contributed by atoms with Crippen molar-refractivity contribution in [3.05, 3.63) is 23.8 Å². The number of fused-ring (bicyclic) bond motifs is 3. The van der Waals surface area contributed by atoms with Gasteiger partial charge in [-0.2, -0.15) is 0 Å². The van der Waals surface area contributed by atoms with Crippen LogP contribution in [0.4, 0.5) is 8.78 Å². The highest BCUT2D eigenvalue weighted by Crippen LogP contribution is 2.68. The van der Waals surface area contributed by atoms with Gasteiger partial charge in [0, 0.05) is 17.3 Å². The van der Waals surface area contributed by atoms with Crippen LogP contribution in [0.1, 0.15) is 46.5 Å². The van der Waals surface area contributed by atoms with Gasteiger partial charge in [-0.1, -0.05) is 19.1 Å². The second-order valence-electron chi connectivity index (χ2n) is 9.12. The van der Waals surface area contributed by atoms with E-state index in [0.29, 0.717) is 19.1 Å². The lowest BCUT2D eigenvalue weighted by molar-refractivity contribution is -0.201. The van der Waals surface area contributed by atoms with Gasteiger partial charge in [0.2, 0.25) is 0 Å². The number of hydrogen-bond acceptors (Lipinski definition) is 4. The third-order valence-electron chi connectivity index (χ3n) is 8.04. The molecule has 3 rings (SSSR count). The van der Waals surface area contributed by atoms with Crippen molar-refractivity contribution >= 4 is 12.1 Å². The lowest BCUT2D eigenvalue weighted by atomic mass is 9.45. The summed E-state index contributed by atoms with van der Waals surface area (Å²) in [5.74, 6) is -1.81. The minimum Gasteiger partial charge on any atom is -0.390 e. The van der Waals surface area contributed by atoms with Crippen LogP contribution in [0.25, 0.3) is 0 Å². The lowest BCUT2D eigenvalue weighted by Crippen LogP contribution is -2.68. The van der Waals surface area contributed by atoms with Gasteiger partial charge in [-0.3, -0.25) is 9.59 Å². The first-order valence-electron chi connectivity index (χ1n) is 10.1. The summed E-state index contributed by atoms with van der Waals surface area (Å²) in [5, 5.41) is 20.4. The number of aliphatic hydroxyl groups excluding tert-OH is 2. The number of ketones is 1. The van der Waals surface area contributed by atoms with Crippen LogP contribution in [0, 0.1) is 28.6 Å². The summed E-state index contributed by atoms with van der Waals surface area (Å²) in [6.45, 7) is 4.54. The molecule has 3 saturated carbocycles. The Morgan fingerprint density at radius 3 is 2.54 bits per heavy atom. The molecule has 28 heavy (non-hydrogen) atoms. The average Bonchev–Trinajstić information content (AvgIpc) is 2.98. The van der Waals surface area contributed by atoms with E-state index in [-0.39, 0.29) is 30.1 Å². The van der Waals surface area contributed by atoms with Crippen molar-refractivity contribution < 1.29 is 28.6 Å². The highest BCUT2D eigenvalue weighted by atomic mass is 19.1. The van der Waals surface area contributed by atoms with E-state index >= 15 is 8.78 Å². The monoisotopic (exact) mass is 396 g/mol. The van der Waals surface area contributed by atoms with E-state index in [0.717, 1.165) is 6.08 Å². The molecule has 0 spiro atoms. The number of carbonyl (C=O) groups excluding carboxylic acids is 2. The summed E-state index contributed by atoms with van der Waals surface area (Å²) in [6.07, 6.45) is 2.85. The van der Waals surface area contributed by atoms with E-state index in [1.165, 1.54) is 0 Å². The SMILES string of the molecule is C/C=C\[C@@]1(C)/C(=C\C=O)[C@@H](F)CC2C3CCC(C(=O)CO)C3(C)CC(O)[C@@]21F. The molecule has 0 saturated heterocycles. The van der Waals surface area contributed by atoms with Gasteiger partial charge in [-0.25, -0.2) is 8.78 Å². The van der Waals surface area contributed by atoms with Gasteiger partial charge >= 0.3 is 0 Å². The van der Waals surface area contributed by atoms with Gasteiger partial charge in [0.25, 0.3) is 0 Å². The van der Waals surface area contributed by atoms with Crippen molar-refractivity contribution in [2.45, 2.75) is 64.4 Å². The predicted molar refractivity (Wildman–Crippen MR) is 101 cm³/mol. The van der Waals surface area contributed by atoms with Crippen LogP contribution in [-0.4, -0.2) is 46.8 Å². The van der Waals surface area contributed by atoms with Crippen LogP contribution in [0.5, 0.6) is 0 Å². The maximum atomic E-state index is 16.9. The molecule has 2 N–H and O–H groups in total. The van der Waals surface area contributed by atoms with E-state index in [2.05, 4.69) is 0 Å². The van der Waals surface area contributed by atoms with Crippen LogP contribution in [0.2, 0.25) is 0 Å². The Bertz CT molecular complexity index is 719. The standard InChI is InChI=1S/C22H30F2O4/c1-4-8-21(3)14(7-9-25)17(23)10-16-13-5-6-15(18(27)12-26)20(13,2)11-19(28)22(16,21)24/h4,7-9,13,15-17,19,26,28H,5-6,10-12H2,1-3H3/b8-4-,14-7-/t13?,15?,16?,17-,19?,20?,21-,22-/m0/s1. The summed E-state index contributed by atoms with van der Waals surface area (Å²) >= 11 is 0. The largest absolute Gasteiger partial charge is 0.390 e. The first-order chi connectivity index (χ1) is 13.1. The first-order valence-corrected chi connectivity index (χ1v) is 10.1. The maximum Gasteiger partial charge on any atom is 0.161 e. The van der Waals surface area contributed by atoms with E-state index < -0.39 is 47.2 Å². The molecule has 6 heteroatoms. The molecule has 8 atom stereocenters. The Labute approximate surface area is 164 Å². The van der Waals surface area contributed by atoms with E-state index in [1.54, 1.807) is 26.0 Å². The van der Waals surface area contributed by atoms with Crippen molar-refractivity contribution in [1.82, 2.24) is 0 Å². The quantitative estimate of drug-likeness (QED) is 0.435. The molecule has 0 amide bonds. The van der Waals surface area contributed by atoms with Gasteiger partial charge in [-0.05, 0) is 62.5 Å². The summed E-state index contributed by atoms with van der Waals surface area (Å²) in [4.78, 5) is 23.4. The lowest BCUT2D eigenvalue weighted by Gasteiger charge is -2.62. The third-order valence-corrected chi connectivity index (χ3v) is 8.04. The number of carbonyl (C=O) groups is 2. The fraction of sp³-hybridized carbons (Fsp3) is 0.727. The summed E-state index contributed by atoms with van der Waals surface area (Å²) in [5.41, 5.74) is -4.21. The van der Waals surface area contributed by atoms with Gasteiger partial charge < -0.3 is 10.2 Å². The number of halogens is 2. The zero-order valence-corrected chi connectivity index (χ0v) is 16.7. The maximum absolute atomic E-state index is 16.9. The number of Topliss-reactive ketones (excluding diaryl/α,β-unsaturated/α-hetero) is 1. The normalized spacial score (nSPS) is 49.8. The van der Waals surface area contributed by atoms with Gasteiger partial charge in [0.05, 0.1) is 6.10 Å². The van der Waals surface area contributed by atoms with Gasteiger partial charge in [-0.15, -0.1) is 0 Å². The Balaban J connectivity index is 2.14. The van der Waals surface area contributed by atoms with Gasteiger partial charge in [0.1, 0.15) is 19.1 Å². The number of allylic oxidation sites excluding steroid dienone is 4. The van der Waals surface area contributed by atoms with Gasteiger partial charge in [0.15, 0.2) is 11.5 Å². The van der Waals surface area contributed by atoms with Crippen molar-refractivity contribution in [3.8, 4) is 0 Å². The Morgan fingerprint density at radius 1 is 1.29 bits per heavy atom. The van der Waals surface area contributed by atoms with Crippen molar-refractivity contribution in [1.29, 1.82) is 0 Å². The zero-order valence-electron chi connectivity index (χ0n) is 16.7. The second kappa shape index (κ2) is 7.13. The molecular formula is C22H30F2O4. The van der Waals surface area contributed by atoms with Crippen LogP contribution in [0.3, 0.4) is 0 Å². The zero-order chi connectivity index (χ0) is 20.9. The Kier molecular flexibility index (Phi) is 5.43. The molecule has 0 aromatic carbocycles. The molecule has 5 unspecified atom stereocenters. The van der Waals surface area contributed by atoms with Crippen LogP contribution < -0.4 is 0 Å². The molecule has 0 aromatic heterocycles. The topological polar surface area (TPSA) is 74.6 Å². The highest BCUT2D eigenvalue weighted by Gasteiger charge is 2.71. The number of alkyl halides is 2. The van der Waals surface area contributed by atoms with Crippen LogP contribution >= 0.6 is 0 Å². The van der Waals surface area contributed by atoms with Crippen molar-refractivity contribution in [3.63, 3.8) is 0 Å². The molecule has 3 fully saturated rings. The fourth-order valence-electron chi connectivity index (χ4n) is 6.83. The fourth-order valence-corrected chi connectivity index (χ4v) is 6.83. The summed E-state index contributed by atoms with van der Waals surface area (Å²) < 4.78 is 32.1. The summed E-state index contributed by atoms with van der Waals surface area (Å²) in [7, 11) is 0. The Hall–Kier alpha value is -1.40. The molecule has 3 aliphatic carbocycles. The van der Waals surface area contributed by atoms with E-state index in [4.69, 9.17) is 0 Å². The number of aliphatic hydroxyl groups is 2. The third kappa shape index (κ3) is 2.60.